The maximum atomic E-state index is 13.0. The summed E-state index contributed by atoms with van der Waals surface area (Å²) in [4.78, 5) is 0. The van der Waals surface area contributed by atoms with Crippen molar-refractivity contribution in [2.45, 2.75) is 51.9 Å². The highest BCUT2D eigenvalue weighted by molar-refractivity contribution is 5.70. The van der Waals surface area contributed by atoms with Gasteiger partial charge in [0.1, 0.15) is 6.54 Å². The molecule has 1 heterocycles. The Kier molecular flexibility index (Phi) is 7.13. The second-order valence-corrected chi connectivity index (χ2v) is 7.44. The molecule has 0 amide bonds. The smallest absolute Gasteiger partial charge is 0.390 e. The van der Waals surface area contributed by atoms with Gasteiger partial charge < -0.3 is 5.11 Å². The van der Waals surface area contributed by atoms with Crippen molar-refractivity contribution in [1.82, 2.24) is 9.78 Å². The van der Waals surface area contributed by atoms with Gasteiger partial charge in [0.15, 0.2) is 0 Å². The first-order valence-corrected chi connectivity index (χ1v) is 10.2. The van der Waals surface area contributed by atoms with E-state index in [4.69, 9.17) is 0 Å². The molecule has 0 radical (unpaired) electrons. The van der Waals surface area contributed by atoms with Crippen molar-refractivity contribution in [3.8, 4) is 17.2 Å². The molecule has 0 unspecified atom stereocenters. The van der Waals surface area contributed by atoms with Crippen LogP contribution in [0.4, 0.5) is 13.2 Å². The first kappa shape index (κ1) is 22.6. The van der Waals surface area contributed by atoms with E-state index in [1.165, 1.54) is 0 Å². The Morgan fingerprint density at radius 3 is 2.42 bits per heavy atom. The maximum Gasteiger partial charge on any atom is 0.408 e. The van der Waals surface area contributed by atoms with Gasteiger partial charge in [0.2, 0.25) is 0 Å². The standard InChI is InChI=1S/C24H24F3N3O/c1-2-3-8-22-21(23(15-31)30(29-22)16-24(25,26)27)13-17-9-11-18(12-10-17)20-7-5-4-6-19(20)14-28/h4-7,9-12,31H,2-3,8,13,15-16H2,1H3. The molecule has 162 valence electrons. The van der Waals surface area contributed by atoms with Gasteiger partial charge in [0, 0.05) is 12.0 Å². The van der Waals surface area contributed by atoms with Crippen LogP contribution in [0.15, 0.2) is 48.5 Å². The number of alkyl halides is 3. The quantitative estimate of drug-likeness (QED) is 0.523. The zero-order chi connectivity index (χ0) is 22.4. The summed E-state index contributed by atoms with van der Waals surface area (Å²) in [5.41, 5.74) is 4.67. The van der Waals surface area contributed by atoms with Crippen LogP contribution in [0.5, 0.6) is 0 Å². The Labute approximate surface area is 179 Å². The number of aryl methyl sites for hydroxylation is 1. The summed E-state index contributed by atoms with van der Waals surface area (Å²) in [6, 6.07) is 17.1. The molecule has 3 aromatic rings. The van der Waals surface area contributed by atoms with E-state index in [9.17, 15) is 23.5 Å². The predicted molar refractivity (Wildman–Crippen MR) is 112 cm³/mol. The third kappa shape index (κ3) is 5.53. The van der Waals surface area contributed by atoms with Gasteiger partial charge in [0.25, 0.3) is 0 Å². The first-order chi connectivity index (χ1) is 14.9. The minimum atomic E-state index is -4.41. The number of aliphatic hydroxyl groups excluding tert-OH is 1. The Bertz CT molecular complexity index is 1060. The Balaban J connectivity index is 1.93. The minimum Gasteiger partial charge on any atom is -0.390 e. The molecule has 1 N–H and O–H groups in total. The van der Waals surface area contributed by atoms with Crippen molar-refractivity contribution in [2.24, 2.45) is 0 Å². The van der Waals surface area contributed by atoms with E-state index in [0.717, 1.165) is 34.2 Å². The summed E-state index contributed by atoms with van der Waals surface area (Å²) in [6.07, 6.45) is -1.76. The van der Waals surface area contributed by atoms with Gasteiger partial charge in [-0.15, -0.1) is 0 Å². The zero-order valence-corrected chi connectivity index (χ0v) is 17.3. The fraction of sp³-hybridized carbons (Fsp3) is 0.333. The van der Waals surface area contributed by atoms with Crippen LogP contribution in [0.3, 0.4) is 0 Å². The van der Waals surface area contributed by atoms with Gasteiger partial charge in [-0.2, -0.15) is 23.5 Å². The molecule has 0 aliphatic heterocycles. The van der Waals surface area contributed by atoms with Gasteiger partial charge in [-0.3, -0.25) is 4.68 Å². The number of halogens is 3. The van der Waals surface area contributed by atoms with Crippen LogP contribution in [-0.4, -0.2) is 21.1 Å². The fourth-order valence-electron chi connectivity index (χ4n) is 3.65. The van der Waals surface area contributed by atoms with Crippen molar-refractivity contribution in [3.63, 3.8) is 0 Å². The molecule has 0 atom stereocenters. The van der Waals surface area contributed by atoms with Gasteiger partial charge in [-0.05, 0) is 35.6 Å². The van der Waals surface area contributed by atoms with E-state index in [-0.39, 0.29) is 5.69 Å². The number of aromatic nitrogens is 2. The molecule has 0 fully saturated rings. The zero-order valence-electron chi connectivity index (χ0n) is 17.3. The van der Waals surface area contributed by atoms with Crippen LogP contribution < -0.4 is 0 Å². The van der Waals surface area contributed by atoms with Crippen LogP contribution in [0.25, 0.3) is 11.1 Å². The van der Waals surface area contributed by atoms with Crippen molar-refractivity contribution in [1.29, 1.82) is 5.26 Å². The second kappa shape index (κ2) is 9.80. The van der Waals surface area contributed by atoms with Gasteiger partial charge in [-0.1, -0.05) is 55.8 Å². The third-order valence-electron chi connectivity index (χ3n) is 5.19. The molecule has 3 rings (SSSR count). The molecule has 0 bridgehead atoms. The Hall–Kier alpha value is -3.11. The number of nitriles is 1. The monoisotopic (exact) mass is 427 g/mol. The molecule has 7 heteroatoms. The van der Waals surface area contributed by atoms with Crippen molar-refractivity contribution in [3.05, 3.63) is 76.6 Å². The van der Waals surface area contributed by atoms with Gasteiger partial charge in [0.05, 0.1) is 29.6 Å². The van der Waals surface area contributed by atoms with Crippen LogP contribution in [0.2, 0.25) is 0 Å². The van der Waals surface area contributed by atoms with Gasteiger partial charge in [-0.25, -0.2) is 0 Å². The lowest BCUT2D eigenvalue weighted by Crippen LogP contribution is -2.20. The number of unbranched alkanes of at least 4 members (excludes halogenated alkanes) is 1. The molecule has 0 aliphatic carbocycles. The second-order valence-electron chi connectivity index (χ2n) is 7.44. The molecule has 31 heavy (non-hydrogen) atoms. The maximum absolute atomic E-state index is 13.0. The van der Waals surface area contributed by atoms with Crippen LogP contribution in [-0.2, 0) is 26.0 Å². The van der Waals surface area contributed by atoms with E-state index in [2.05, 4.69) is 11.2 Å². The number of aliphatic hydroxyl groups is 1. The Morgan fingerprint density at radius 2 is 1.81 bits per heavy atom. The molecule has 0 saturated heterocycles. The predicted octanol–water partition coefficient (Wildman–Crippen LogP) is 5.41. The average Bonchev–Trinajstić information content (AvgIpc) is 3.06. The molecule has 0 saturated carbocycles. The first-order valence-electron chi connectivity index (χ1n) is 10.2. The average molecular weight is 427 g/mol. The summed E-state index contributed by atoms with van der Waals surface area (Å²) in [7, 11) is 0. The van der Waals surface area contributed by atoms with E-state index < -0.39 is 19.3 Å². The number of benzene rings is 2. The topological polar surface area (TPSA) is 61.8 Å². The van der Waals surface area contributed by atoms with E-state index in [0.29, 0.717) is 29.7 Å². The minimum absolute atomic E-state index is 0.210. The third-order valence-corrected chi connectivity index (χ3v) is 5.19. The molecule has 0 spiro atoms. The fourth-order valence-corrected chi connectivity index (χ4v) is 3.65. The van der Waals surface area contributed by atoms with E-state index >= 15 is 0 Å². The number of rotatable bonds is 8. The molecule has 0 aliphatic rings. The summed E-state index contributed by atoms with van der Waals surface area (Å²) >= 11 is 0. The largest absolute Gasteiger partial charge is 0.408 e. The van der Waals surface area contributed by atoms with Crippen LogP contribution in [0.1, 0.15) is 47.8 Å². The Morgan fingerprint density at radius 1 is 1.10 bits per heavy atom. The van der Waals surface area contributed by atoms with Crippen LogP contribution in [0, 0.1) is 11.3 Å². The van der Waals surface area contributed by atoms with Crippen molar-refractivity contribution in [2.75, 3.05) is 0 Å². The highest BCUT2D eigenvalue weighted by Gasteiger charge is 2.31. The SMILES string of the molecule is CCCCc1nn(CC(F)(F)F)c(CO)c1Cc1ccc(-c2ccccc2C#N)cc1. The summed E-state index contributed by atoms with van der Waals surface area (Å²) in [5, 5.41) is 23.3. The lowest BCUT2D eigenvalue weighted by atomic mass is 9.96. The normalized spacial score (nSPS) is 11.5. The number of nitrogens with zero attached hydrogens (tertiary/aromatic N) is 3. The molecule has 1 aromatic heterocycles. The molecular weight excluding hydrogens is 403 g/mol. The lowest BCUT2D eigenvalue weighted by molar-refractivity contribution is -0.143. The lowest BCUT2D eigenvalue weighted by Gasteiger charge is -2.10. The van der Waals surface area contributed by atoms with Gasteiger partial charge >= 0.3 is 6.18 Å². The van der Waals surface area contributed by atoms with E-state index in [1.54, 1.807) is 6.07 Å². The number of hydrogen-bond acceptors (Lipinski definition) is 3. The highest BCUT2D eigenvalue weighted by Crippen LogP contribution is 2.27. The summed E-state index contributed by atoms with van der Waals surface area (Å²) in [6.45, 7) is 0.293. The molecule has 2 aromatic carbocycles. The molecule has 4 nitrogen and oxygen atoms in total. The van der Waals surface area contributed by atoms with Crippen molar-refractivity contribution < 1.29 is 18.3 Å². The van der Waals surface area contributed by atoms with Crippen molar-refractivity contribution >= 4 is 0 Å². The molecular formula is C24H24F3N3O. The summed E-state index contributed by atoms with van der Waals surface area (Å²) in [5.74, 6) is 0. The summed E-state index contributed by atoms with van der Waals surface area (Å²) < 4.78 is 39.8. The van der Waals surface area contributed by atoms with E-state index in [1.807, 2.05) is 49.4 Å². The highest BCUT2D eigenvalue weighted by atomic mass is 19.4. The van der Waals surface area contributed by atoms with Crippen LogP contribution >= 0.6 is 0 Å². The number of hydrogen-bond donors (Lipinski definition) is 1.